The zero-order valence-corrected chi connectivity index (χ0v) is 7.19. The van der Waals surface area contributed by atoms with Gasteiger partial charge in [-0.15, -0.1) is 0 Å². The van der Waals surface area contributed by atoms with Crippen LogP contribution in [0, 0.1) is 11.8 Å². The lowest BCUT2D eigenvalue weighted by atomic mass is 10.1. The van der Waals surface area contributed by atoms with Gasteiger partial charge in [0.15, 0.2) is 0 Å². The van der Waals surface area contributed by atoms with Gasteiger partial charge in [-0.05, 0) is 44.7 Å². The average molecular weight is 141 g/mol. The molecule has 1 nitrogen and oxygen atoms in total. The molecule has 1 aliphatic carbocycles. The molecule has 1 N–H and O–H groups in total. The lowest BCUT2D eigenvalue weighted by Crippen LogP contribution is -2.07. The molecular weight excluding hydrogens is 122 g/mol. The van der Waals surface area contributed by atoms with Crippen molar-refractivity contribution < 1.29 is 0 Å². The summed E-state index contributed by atoms with van der Waals surface area (Å²) in [6.07, 6.45) is 5.75. The Hall–Kier alpha value is -0.0400. The van der Waals surface area contributed by atoms with Crippen LogP contribution >= 0.6 is 0 Å². The molecule has 1 fully saturated rings. The Morgan fingerprint density at radius 1 is 1.40 bits per heavy atom. The molecule has 0 saturated heterocycles. The van der Waals surface area contributed by atoms with Gasteiger partial charge in [0.2, 0.25) is 0 Å². The van der Waals surface area contributed by atoms with E-state index in [9.17, 15) is 0 Å². The van der Waals surface area contributed by atoms with Crippen LogP contribution in [-0.4, -0.2) is 13.6 Å². The molecule has 1 heteroatoms. The quantitative estimate of drug-likeness (QED) is 0.578. The van der Waals surface area contributed by atoms with Gasteiger partial charge in [-0.3, -0.25) is 0 Å². The van der Waals surface area contributed by atoms with Crippen LogP contribution in [0.15, 0.2) is 0 Å². The van der Waals surface area contributed by atoms with Crippen molar-refractivity contribution in [2.75, 3.05) is 13.6 Å². The molecule has 10 heavy (non-hydrogen) atoms. The van der Waals surface area contributed by atoms with Crippen molar-refractivity contribution in [2.24, 2.45) is 11.8 Å². The summed E-state index contributed by atoms with van der Waals surface area (Å²) >= 11 is 0. The molecule has 0 bridgehead atoms. The van der Waals surface area contributed by atoms with Crippen LogP contribution in [0.5, 0.6) is 0 Å². The highest BCUT2D eigenvalue weighted by molar-refractivity contribution is 4.84. The van der Waals surface area contributed by atoms with E-state index < -0.39 is 0 Å². The minimum atomic E-state index is 1.09. The van der Waals surface area contributed by atoms with E-state index in [-0.39, 0.29) is 0 Å². The topological polar surface area (TPSA) is 12.0 Å². The van der Waals surface area contributed by atoms with Crippen molar-refractivity contribution in [1.29, 1.82) is 0 Å². The Bertz CT molecular complexity index is 90.7. The van der Waals surface area contributed by atoms with E-state index in [1.165, 1.54) is 32.2 Å². The second kappa shape index (κ2) is 3.97. The first-order valence-corrected chi connectivity index (χ1v) is 4.53. The van der Waals surface area contributed by atoms with Crippen molar-refractivity contribution in [3.63, 3.8) is 0 Å². The minimum Gasteiger partial charge on any atom is -0.320 e. The van der Waals surface area contributed by atoms with Crippen molar-refractivity contribution in [1.82, 2.24) is 5.32 Å². The third-order valence-electron chi connectivity index (χ3n) is 2.60. The van der Waals surface area contributed by atoms with Crippen molar-refractivity contribution in [3.8, 4) is 0 Å². The highest BCUT2D eigenvalue weighted by Gasteiger charge is 2.33. The van der Waals surface area contributed by atoms with Gasteiger partial charge in [-0.1, -0.05) is 13.3 Å². The first kappa shape index (κ1) is 8.06. The molecule has 1 rings (SSSR count). The zero-order valence-electron chi connectivity index (χ0n) is 7.19. The maximum Gasteiger partial charge on any atom is -0.00518 e. The van der Waals surface area contributed by atoms with E-state index in [0.29, 0.717) is 0 Å². The monoisotopic (exact) mass is 141 g/mol. The van der Waals surface area contributed by atoms with E-state index >= 15 is 0 Å². The molecule has 0 amide bonds. The summed E-state index contributed by atoms with van der Waals surface area (Å²) in [6, 6.07) is 0. The molecule has 0 aromatic rings. The molecule has 0 aromatic heterocycles. The molecule has 2 unspecified atom stereocenters. The fraction of sp³-hybridized carbons (Fsp3) is 1.00. The molecule has 0 aliphatic heterocycles. The smallest absolute Gasteiger partial charge is 0.00518 e. The number of rotatable bonds is 5. The number of hydrogen-bond donors (Lipinski definition) is 1. The van der Waals surface area contributed by atoms with Gasteiger partial charge < -0.3 is 5.32 Å². The van der Waals surface area contributed by atoms with Crippen LogP contribution in [-0.2, 0) is 0 Å². The zero-order chi connectivity index (χ0) is 7.40. The summed E-state index contributed by atoms with van der Waals surface area (Å²) < 4.78 is 0. The Morgan fingerprint density at radius 2 is 2.20 bits per heavy atom. The maximum atomic E-state index is 3.18. The molecule has 1 saturated carbocycles. The summed E-state index contributed by atoms with van der Waals surface area (Å²) in [6.45, 7) is 3.51. The van der Waals surface area contributed by atoms with Crippen LogP contribution in [0.25, 0.3) is 0 Å². The van der Waals surface area contributed by atoms with Crippen molar-refractivity contribution >= 4 is 0 Å². The summed E-state index contributed by atoms with van der Waals surface area (Å²) in [5.41, 5.74) is 0. The fourth-order valence-corrected chi connectivity index (χ4v) is 1.70. The van der Waals surface area contributed by atoms with E-state index in [1.54, 1.807) is 0 Å². The van der Waals surface area contributed by atoms with Gasteiger partial charge in [0.25, 0.3) is 0 Å². The van der Waals surface area contributed by atoms with Gasteiger partial charge in [0, 0.05) is 0 Å². The molecule has 0 aromatic carbocycles. The Kier molecular flexibility index (Phi) is 3.20. The third kappa shape index (κ3) is 2.30. The second-order valence-electron chi connectivity index (χ2n) is 3.41. The predicted octanol–water partition coefficient (Wildman–Crippen LogP) is 2.03. The first-order chi connectivity index (χ1) is 4.88. The summed E-state index contributed by atoms with van der Waals surface area (Å²) in [5, 5.41) is 3.18. The van der Waals surface area contributed by atoms with E-state index in [1.807, 2.05) is 7.05 Å². The second-order valence-corrected chi connectivity index (χ2v) is 3.41. The van der Waals surface area contributed by atoms with Crippen LogP contribution in [0.2, 0.25) is 0 Å². The molecule has 0 heterocycles. The Balaban J connectivity index is 1.87. The third-order valence-corrected chi connectivity index (χ3v) is 2.60. The van der Waals surface area contributed by atoms with Gasteiger partial charge >= 0.3 is 0 Å². The molecule has 1 aliphatic rings. The van der Waals surface area contributed by atoms with Gasteiger partial charge in [-0.25, -0.2) is 0 Å². The molecule has 0 spiro atoms. The fourth-order valence-electron chi connectivity index (χ4n) is 1.70. The predicted molar refractivity (Wildman–Crippen MR) is 45.0 cm³/mol. The van der Waals surface area contributed by atoms with Gasteiger partial charge in [0.05, 0.1) is 0 Å². The molecular formula is C9H19N. The van der Waals surface area contributed by atoms with Gasteiger partial charge in [-0.2, -0.15) is 0 Å². The van der Waals surface area contributed by atoms with Crippen LogP contribution < -0.4 is 5.32 Å². The van der Waals surface area contributed by atoms with E-state index in [4.69, 9.17) is 0 Å². The number of nitrogens with one attached hydrogen (secondary N) is 1. The lowest BCUT2D eigenvalue weighted by molar-refractivity contribution is 0.583. The highest BCUT2D eigenvalue weighted by atomic mass is 14.8. The highest BCUT2D eigenvalue weighted by Crippen LogP contribution is 2.43. The van der Waals surface area contributed by atoms with Crippen LogP contribution in [0.3, 0.4) is 0 Å². The van der Waals surface area contributed by atoms with E-state index in [0.717, 1.165) is 11.8 Å². The summed E-state index contributed by atoms with van der Waals surface area (Å²) in [5.74, 6) is 2.19. The van der Waals surface area contributed by atoms with Crippen LogP contribution in [0.1, 0.15) is 32.6 Å². The lowest BCUT2D eigenvalue weighted by Gasteiger charge is -1.97. The minimum absolute atomic E-state index is 1.09. The summed E-state index contributed by atoms with van der Waals surface area (Å²) in [4.78, 5) is 0. The number of hydrogen-bond acceptors (Lipinski definition) is 1. The molecule has 60 valence electrons. The normalized spacial score (nSPS) is 30.6. The maximum absolute atomic E-state index is 3.18. The van der Waals surface area contributed by atoms with E-state index in [2.05, 4.69) is 12.2 Å². The van der Waals surface area contributed by atoms with Crippen LogP contribution in [0.4, 0.5) is 0 Å². The standard InChI is InChI=1S/C9H19N/c1-3-8-7-9(8)5-4-6-10-2/h8-10H,3-7H2,1-2H3. The summed E-state index contributed by atoms with van der Waals surface area (Å²) in [7, 11) is 2.03. The SMILES string of the molecule is CCC1CC1CCCNC. The Labute approximate surface area is 64.2 Å². The average Bonchev–Trinajstić information content (AvgIpc) is 2.68. The first-order valence-electron chi connectivity index (χ1n) is 4.53. The Morgan fingerprint density at radius 3 is 2.70 bits per heavy atom. The largest absolute Gasteiger partial charge is 0.320 e. The van der Waals surface area contributed by atoms with Crippen molar-refractivity contribution in [3.05, 3.63) is 0 Å². The molecule has 2 atom stereocenters. The molecule has 0 radical (unpaired) electrons. The van der Waals surface area contributed by atoms with Gasteiger partial charge in [0.1, 0.15) is 0 Å². The van der Waals surface area contributed by atoms with Crippen molar-refractivity contribution in [2.45, 2.75) is 32.6 Å².